The van der Waals surface area contributed by atoms with E-state index in [1.54, 1.807) is 19.1 Å². The van der Waals surface area contributed by atoms with E-state index in [1.165, 1.54) is 12.1 Å². The summed E-state index contributed by atoms with van der Waals surface area (Å²) >= 11 is 0. The normalized spacial score (nSPS) is 11.9. The number of aryl methyl sites for hydroxylation is 1. The molecule has 0 unspecified atom stereocenters. The van der Waals surface area contributed by atoms with Crippen molar-refractivity contribution in [3.63, 3.8) is 0 Å². The van der Waals surface area contributed by atoms with Gasteiger partial charge in [-0.3, -0.25) is 0 Å². The van der Waals surface area contributed by atoms with Crippen molar-refractivity contribution in [1.82, 2.24) is 4.98 Å². The van der Waals surface area contributed by atoms with Crippen molar-refractivity contribution in [1.29, 1.82) is 0 Å². The number of aromatic nitrogens is 1. The Labute approximate surface area is 129 Å². The van der Waals surface area contributed by atoms with Crippen molar-refractivity contribution in [2.45, 2.75) is 19.6 Å². The van der Waals surface area contributed by atoms with Gasteiger partial charge < -0.3 is 14.9 Å². The first-order chi connectivity index (χ1) is 10.9. The highest BCUT2D eigenvalue weighted by Gasteiger charge is 2.30. The number of ether oxygens (including phenoxy) is 1. The summed E-state index contributed by atoms with van der Waals surface area (Å²) in [5, 5.41) is 0. The molecular weight excluding hydrogens is 309 g/mol. The lowest BCUT2D eigenvalue weighted by atomic mass is 10.2. The third-order valence-electron chi connectivity index (χ3n) is 3.32. The largest absolute Gasteiger partial charge is 0.455 e. The standard InChI is InChI=1S/C16H13F3N2O2/c1-9-21-14-13(7-2-10(8-20)15(14)22-9)23-12-5-3-11(4-6-12)16(17,18)19/h2-7H,8,20H2,1H3. The van der Waals surface area contributed by atoms with E-state index in [0.29, 0.717) is 22.7 Å². The molecule has 0 radical (unpaired) electrons. The first-order valence-electron chi connectivity index (χ1n) is 6.82. The number of nitrogens with two attached hydrogens (primary N) is 1. The van der Waals surface area contributed by atoms with Gasteiger partial charge in [-0.15, -0.1) is 0 Å². The molecule has 1 aromatic heterocycles. The van der Waals surface area contributed by atoms with E-state index in [1.807, 2.05) is 0 Å². The topological polar surface area (TPSA) is 61.3 Å². The SMILES string of the molecule is Cc1nc2c(Oc3ccc(C(F)(F)F)cc3)ccc(CN)c2o1. The van der Waals surface area contributed by atoms with Crippen molar-refractivity contribution < 1.29 is 22.3 Å². The van der Waals surface area contributed by atoms with Crippen LogP contribution in [0.1, 0.15) is 17.0 Å². The minimum Gasteiger partial charge on any atom is -0.455 e. The fourth-order valence-corrected chi connectivity index (χ4v) is 2.22. The van der Waals surface area contributed by atoms with Gasteiger partial charge >= 0.3 is 6.18 Å². The molecule has 2 aromatic carbocycles. The van der Waals surface area contributed by atoms with Crippen LogP contribution in [-0.4, -0.2) is 4.98 Å². The number of rotatable bonds is 3. The summed E-state index contributed by atoms with van der Waals surface area (Å²) < 4.78 is 48.9. The zero-order chi connectivity index (χ0) is 16.6. The first-order valence-corrected chi connectivity index (χ1v) is 6.82. The van der Waals surface area contributed by atoms with Gasteiger partial charge in [-0.2, -0.15) is 13.2 Å². The van der Waals surface area contributed by atoms with Crippen LogP contribution < -0.4 is 10.5 Å². The third-order valence-corrected chi connectivity index (χ3v) is 3.32. The van der Waals surface area contributed by atoms with Gasteiger partial charge in [0.15, 0.2) is 22.7 Å². The Morgan fingerprint density at radius 3 is 2.43 bits per heavy atom. The molecule has 0 amide bonds. The van der Waals surface area contributed by atoms with Crippen LogP contribution in [0, 0.1) is 6.92 Å². The van der Waals surface area contributed by atoms with Crippen LogP contribution in [0.15, 0.2) is 40.8 Å². The van der Waals surface area contributed by atoms with Crippen molar-refractivity contribution >= 4 is 11.1 Å². The van der Waals surface area contributed by atoms with Gasteiger partial charge in [-0.1, -0.05) is 6.07 Å². The number of alkyl halides is 3. The summed E-state index contributed by atoms with van der Waals surface area (Å²) in [6.45, 7) is 1.98. The van der Waals surface area contributed by atoms with Gasteiger partial charge in [0.25, 0.3) is 0 Å². The number of nitrogens with zero attached hydrogens (tertiary/aromatic N) is 1. The highest BCUT2D eigenvalue weighted by Crippen LogP contribution is 2.34. The van der Waals surface area contributed by atoms with Gasteiger partial charge in [0, 0.05) is 19.0 Å². The van der Waals surface area contributed by atoms with E-state index >= 15 is 0 Å². The summed E-state index contributed by atoms with van der Waals surface area (Å²) in [7, 11) is 0. The summed E-state index contributed by atoms with van der Waals surface area (Å²) in [5.41, 5.74) is 6.71. The number of fused-ring (bicyclic) bond motifs is 1. The average Bonchev–Trinajstić information content (AvgIpc) is 2.89. The predicted molar refractivity (Wildman–Crippen MR) is 78.2 cm³/mol. The van der Waals surface area contributed by atoms with Gasteiger partial charge in [0.2, 0.25) is 0 Å². The third kappa shape index (κ3) is 3.00. The van der Waals surface area contributed by atoms with Crippen molar-refractivity contribution in [2.24, 2.45) is 5.73 Å². The smallest absolute Gasteiger partial charge is 0.416 e. The molecule has 3 rings (SSSR count). The molecule has 0 fully saturated rings. The molecular formula is C16H13F3N2O2. The zero-order valence-electron chi connectivity index (χ0n) is 12.1. The van der Waals surface area contributed by atoms with Crippen LogP contribution in [0.3, 0.4) is 0 Å². The molecule has 0 bridgehead atoms. The number of oxazole rings is 1. The molecule has 4 nitrogen and oxygen atoms in total. The van der Waals surface area contributed by atoms with E-state index in [9.17, 15) is 13.2 Å². The molecule has 0 saturated carbocycles. The number of benzene rings is 2. The Bertz CT molecular complexity index is 839. The number of hydrogen-bond donors (Lipinski definition) is 1. The Hall–Kier alpha value is -2.54. The molecule has 23 heavy (non-hydrogen) atoms. The summed E-state index contributed by atoms with van der Waals surface area (Å²) in [5.74, 6) is 1.13. The second-order valence-electron chi connectivity index (χ2n) is 4.96. The molecule has 0 aliphatic heterocycles. The van der Waals surface area contributed by atoms with Gasteiger partial charge in [-0.25, -0.2) is 4.98 Å². The van der Waals surface area contributed by atoms with Crippen LogP contribution >= 0.6 is 0 Å². The van der Waals surface area contributed by atoms with Gasteiger partial charge in [0.1, 0.15) is 5.75 Å². The summed E-state index contributed by atoms with van der Waals surface area (Å²) in [6, 6.07) is 7.87. The Kier molecular flexibility index (Phi) is 3.73. The number of halogens is 3. The lowest BCUT2D eigenvalue weighted by Crippen LogP contribution is -2.04. The van der Waals surface area contributed by atoms with Crippen LogP contribution in [0.25, 0.3) is 11.1 Å². The fraction of sp³-hybridized carbons (Fsp3) is 0.188. The maximum atomic E-state index is 12.6. The zero-order valence-corrected chi connectivity index (χ0v) is 12.1. The lowest BCUT2D eigenvalue weighted by molar-refractivity contribution is -0.137. The molecule has 120 valence electrons. The second-order valence-corrected chi connectivity index (χ2v) is 4.96. The highest BCUT2D eigenvalue weighted by atomic mass is 19.4. The van der Waals surface area contributed by atoms with Crippen molar-refractivity contribution in [2.75, 3.05) is 0 Å². The van der Waals surface area contributed by atoms with Crippen LogP contribution in [-0.2, 0) is 12.7 Å². The van der Waals surface area contributed by atoms with E-state index < -0.39 is 11.7 Å². The van der Waals surface area contributed by atoms with Crippen LogP contribution in [0.4, 0.5) is 13.2 Å². The molecule has 7 heteroatoms. The lowest BCUT2D eigenvalue weighted by Gasteiger charge is -2.09. The maximum absolute atomic E-state index is 12.6. The maximum Gasteiger partial charge on any atom is 0.416 e. The monoisotopic (exact) mass is 322 g/mol. The Balaban J connectivity index is 1.96. The quantitative estimate of drug-likeness (QED) is 0.776. The van der Waals surface area contributed by atoms with E-state index in [-0.39, 0.29) is 12.3 Å². The molecule has 0 atom stereocenters. The van der Waals surface area contributed by atoms with Gasteiger partial charge in [-0.05, 0) is 30.3 Å². The minimum atomic E-state index is -4.38. The predicted octanol–water partition coefficient (Wildman–Crippen LogP) is 4.41. The van der Waals surface area contributed by atoms with E-state index in [2.05, 4.69) is 4.98 Å². The summed E-state index contributed by atoms with van der Waals surface area (Å²) in [4.78, 5) is 4.25. The average molecular weight is 322 g/mol. The minimum absolute atomic E-state index is 0.278. The highest BCUT2D eigenvalue weighted by molar-refractivity contribution is 5.83. The van der Waals surface area contributed by atoms with Gasteiger partial charge in [0.05, 0.1) is 5.56 Å². The molecule has 0 saturated heterocycles. The molecule has 2 N–H and O–H groups in total. The van der Waals surface area contributed by atoms with E-state index in [4.69, 9.17) is 14.9 Å². The summed E-state index contributed by atoms with van der Waals surface area (Å²) in [6.07, 6.45) is -4.38. The Morgan fingerprint density at radius 1 is 1.13 bits per heavy atom. The van der Waals surface area contributed by atoms with E-state index in [0.717, 1.165) is 17.7 Å². The first kappa shape index (κ1) is 15.4. The molecule has 0 aliphatic rings. The van der Waals surface area contributed by atoms with Crippen molar-refractivity contribution in [3.8, 4) is 11.5 Å². The second kappa shape index (κ2) is 5.58. The van der Waals surface area contributed by atoms with Crippen LogP contribution in [0.5, 0.6) is 11.5 Å². The molecule has 0 aliphatic carbocycles. The molecule has 0 spiro atoms. The van der Waals surface area contributed by atoms with Crippen molar-refractivity contribution in [3.05, 3.63) is 53.4 Å². The molecule has 3 aromatic rings. The number of hydrogen-bond acceptors (Lipinski definition) is 4. The Morgan fingerprint density at radius 2 is 1.83 bits per heavy atom. The molecule has 1 heterocycles. The fourth-order valence-electron chi connectivity index (χ4n) is 2.22. The van der Waals surface area contributed by atoms with Crippen LogP contribution in [0.2, 0.25) is 0 Å².